The minimum atomic E-state index is -0.00731. The maximum absolute atomic E-state index is 11.1. The highest BCUT2D eigenvalue weighted by Crippen LogP contribution is 2.07. The van der Waals surface area contributed by atoms with Crippen LogP contribution in [0.1, 0.15) is 16.1 Å². The van der Waals surface area contributed by atoms with Crippen LogP contribution in [-0.4, -0.2) is 15.7 Å². The molecule has 4 heteroatoms. The summed E-state index contributed by atoms with van der Waals surface area (Å²) in [6, 6.07) is 3.58. The van der Waals surface area contributed by atoms with Gasteiger partial charge in [0.2, 0.25) is 0 Å². The highest BCUT2D eigenvalue weighted by Gasteiger charge is 2.08. The van der Waals surface area contributed by atoms with E-state index in [0.717, 1.165) is 0 Å². The average molecular weight is 227 g/mol. The van der Waals surface area contributed by atoms with Gasteiger partial charge in [-0.1, -0.05) is 15.9 Å². The van der Waals surface area contributed by atoms with Crippen LogP contribution in [0.25, 0.3) is 0 Å². The normalized spacial score (nSPS) is 9.42. The summed E-state index contributed by atoms with van der Waals surface area (Å²) in [5.41, 5.74) is 1.07. The maximum atomic E-state index is 11.1. The minimum Gasteiger partial charge on any atom is -0.342 e. The second kappa shape index (κ2) is 3.55. The SMILES string of the molecule is Cn1cc(C(=O)CBr)cc1C#N. The molecule has 0 aliphatic heterocycles. The number of ketones is 1. The topological polar surface area (TPSA) is 45.8 Å². The molecule has 0 saturated carbocycles. The summed E-state index contributed by atoms with van der Waals surface area (Å²) in [6.07, 6.45) is 1.65. The first-order valence-electron chi connectivity index (χ1n) is 3.34. The zero-order valence-corrected chi connectivity index (χ0v) is 8.13. The quantitative estimate of drug-likeness (QED) is 0.567. The fourth-order valence-corrected chi connectivity index (χ4v) is 1.23. The number of halogens is 1. The number of aromatic nitrogens is 1. The van der Waals surface area contributed by atoms with Gasteiger partial charge in [-0.25, -0.2) is 0 Å². The number of hydrogen-bond acceptors (Lipinski definition) is 2. The van der Waals surface area contributed by atoms with E-state index in [9.17, 15) is 4.79 Å². The number of nitriles is 1. The lowest BCUT2D eigenvalue weighted by molar-refractivity contribution is 0.102. The van der Waals surface area contributed by atoms with E-state index in [4.69, 9.17) is 5.26 Å². The van der Waals surface area contributed by atoms with E-state index in [1.54, 1.807) is 23.9 Å². The van der Waals surface area contributed by atoms with Gasteiger partial charge in [-0.15, -0.1) is 0 Å². The molecule has 0 atom stereocenters. The molecule has 0 bridgehead atoms. The molecule has 1 aromatic heterocycles. The van der Waals surface area contributed by atoms with Gasteiger partial charge >= 0.3 is 0 Å². The Labute approximate surface area is 78.7 Å². The van der Waals surface area contributed by atoms with Gasteiger partial charge in [-0.05, 0) is 6.07 Å². The number of Topliss-reactive ketones (excluding diaryl/α,β-unsaturated/α-hetero) is 1. The molecule has 1 heterocycles. The van der Waals surface area contributed by atoms with Gasteiger partial charge in [0.05, 0.1) is 5.33 Å². The van der Waals surface area contributed by atoms with Gasteiger partial charge in [0.25, 0.3) is 0 Å². The molecule has 0 aliphatic rings. The Morgan fingerprint density at radius 2 is 2.50 bits per heavy atom. The third kappa shape index (κ3) is 1.56. The van der Waals surface area contributed by atoms with Crippen molar-refractivity contribution in [2.24, 2.45) is 7.05 Å². The van der Waals surface area contributed by atoms with Crippen molar-refractivity contribution < 1.29 is 4.79 Å². The molecular weight excluding hydrogens is 220 g/mol. The molecule has 0 aliphatic carbocycles. The summed E-state index contributed by atoms with van der Waals surface area (Å²) < 4.78 is 1.63. The van der Waals surface area contributed by atoms with E-state index in [2.05, 4.69) is 15.9 Å². The van der Waals surface area contributed by atoms with Crippen LogP contribution in [0.4, 0.5) is 0 Å². The van der Waals surface area contributed by atoms with Gasteiger partial charge in [0, 0.05) is 18.8 Å². The summed E-state index contributed by atoms with van der Waals surface area (Å²) in [5.74, 6) is -0.00731. The predicted octanol–water partition coefficient (Wildman–Crippen LogP) is 1.47. The number of carbonyl (C=O) groups is 1. The lowest BCUT2D eigenvalue weighted by Crippen LogP contribution is -1.97. The van der Waals surface area contributed by atoms with Crippen molar-refractivity contribution in [3.8, 4) is 6.07 Å². The molecule has 0 unspecified atom stereocenters. The van der Waals surface area contributed by atoms with E-state index in [0.29, 0.717) is 16.6 Å². The zero-order valence-electron chi connectivity index (χ0n) is 6.54. The molecule has 3 nitrogen and oxygen atoms in total. The Kier molecular flexibility index (Phi) is 2.66. The summed E-state index contributed by atoms with van der Waals surface area (Å²) in [4.78, 5) is 11.1. The largest absolute Gasteiger partial charge is 0.342 e. The highest BCUT2D eigenvalue weighted by atomic mass is 79.9. The monoisotopic (exact) mass is 226 g/mol. The Morgan fingerprint density at radius 3 is 2.92 bits per heavy atom. The first-order chi connectivity index (χ1) is 5.69. The third-order valence-corrected chi connectivity index (χ3v) is 2.07. The Hall–Kier alpha value is -1.08. The number of nitrogens with zero attached hydrogens (tertiary/aromatic N) is 2. The van der Waals surface area contributed by atoms with Crippen LogP contribution in [0.5, 0.6) is 0 Å². The third-order valence-electron chi connectivity index (χ3n) is 1.56. The lowest BCUT2D eigenvalue weighted by Gasteiger charge is -1.88. The van der Waals surface area contributed by atoms with Crippen molar-refractivity contribution in [1.82, 2.24) is 4.57 Å². The molecule has 1 aromatic rings. The summed E-state index contributed by atoms with van der Waals surface area (Å²) >= 11 is 3.07. The number of rotatable bonds is 2. The molecule has 12 heavy (non-hydrogen) atoms. The van der Waals surface area contributed by atoms with Crippen molar-refractivity contribution in [2.75, 3.05) is 5.33 Å². The van der Waals surface area contributed by atoms with E-state index in [1.165, 1.54) is 0 Å². The Balaban J connectivity index is 3.07. The summed E-state index contributed by atoms with van der Waals surface area (Å²) in [6.45, 7) is 0. The van der Waals surface area contributed by atoms with Gasteiger partial charge in [-0.3, -0.25) is 4.79 Å². The molecule has 0 saturated heterocycles. The summed E-state index contributed by atoms with van der Waals surface area (Å²) in [5, 5.41) is 8.89. The molecule has 0 radical (unpaired) electrons. The van der Waals surface area contributed by atoms with Gasteiger partial charge < -0.3 is 4.57 Å². The van der Waals surface area contributed by atoms with Crippen molar-refractivity contribution >= 4 is 21.7 Å². The molecule has 0 spiro atoms. The maximum Gasteiger partial charge on any atom is 0.174 e. The molecule has 0 fully saturated rings. The standard InChI is InChI=1S/C8H7BrN2O/c1-11-5-6(8(12)3-9)2-7(11)4-10/h2,5H,3H2,1H3. The van der Waals surface area contributed by atoms with Crippen molar-refractivity contribution in [1.29, 1.82) is 5.26 Å². The van der Waals surface area contributed by atoms with Gasteiger partial charge in [0.1, 0.15) is 11.8 Å². The van der Waals surface area contributed by atoms with Crippen molar-refractivity contribution in [3.05, 3.63) is 23.5 Å². The Bertz CT molecular complexity index is 348. The number of alkyl halides is 1. The van der Waals surface area contributed by atoms with Crippen LogP contribution in [0.2, 0.25) is 0 Å². The van der Waals surface area contributed by atoms with Crippen LogP contribution in [-0.2, 0) is 7.05 Å². The van der Waals surface area contributed by atoms with Crippen LogP contribution >= 0.6 is 15.9 Å². The number of hydrogen-bond donors (Lipinski definition) is 0. The second-order valence-electron chi connectivity index (χ2n) is 2.39. The van der Waals surface area contributed by atoms with Gasteiger partial charge in [-0.2, -0.15) is 5.26 Å². The molecule has 0 aromatic carbocycles. The minimum absolute atomic E-state index is 0.00731. The van der Waals surface area contributed by atoms with Crippen LogP contribution in [0.3, 0.4) is 0 Å². The lowest BCUT2D eigenvalue weighted by atomic mass is 10.2. The molecule has 62 valence electrons. The van der Waals surface area contributed by atoms with E-state index in [-0.39, 0.29) is 5.78 Å². The van der Waals surface area contributed by atoms with Crippen molar-refractivity contribution in [3.63, 3.8) is 0 Å². The molecule has 1 rings (SSSR count). The second-order valence-corrected chi connectivity index (χ2v) is 2.95. The first-order valence-corrected chi connectivity index (χ1v) is 4.47. The average Bonchev–Trinajstić information content (AvgIpc) is 2.45. The van der Waals surface area contributed by atoms with Crippen LogP contribution < -0.4 is 0 Å². The fourth-order valence-electron chi connectivity index (χ4n) is 0.905. The number of aryl methyl sites for hydroxylation is 1. The predicted molar refractivity (Wildman–Crippen MR) is 48.3 cm³/mol. The zero-order chi connectivity index (χ0) is 9.14. The van der Waals surface area contributed by atoms with Crippen molar-refractivity contribution in [2.45, 2.75) is 0 Å². The molecule has 0 amide bonds. The van der Waals surface area contributed by atoms with Crippen LogP contribution in [0.15, 0.2) is 12.3 Å². The Morgan fingerprint density at radius 1 is 1.83 bits per heavy atom. The van der Waals surface area contributed by atoms with E-state index < -0.39 is 0 Å². The highest BCUT2D eigenvalue weighted by molar-refractivity contribution is 9.09. The fraction of sp³-hybridized carbons (Fsp3) is 0.250. The summed E-state index contributed by atoms with van der Waals surface area (Å²) in [7, 11) is 1.74. The van der Waals surface area contributed by atoms with Crippen LogP contribution in [0, 0.1) is 11.3 Å². The van der Waals surface area contributed by atoms with E-state index >= 15 is 0 Å². The smallest absolute Gasteiger partial charge is 0.174 e. The molecule has 0 N–H and O–H groups in total. The number of carbonyl (C=O) groups excluding carboxylic acids is 1. The molecular formula is C8H7BrN2O. The first kappa shape index (κ1) is 9.01. The van der Waals surface area contributed by atoms with Gasteiger partial charge in [0.15, 0.2) is 5.78 Å². The van der Waals surface area contributed by atoms with E-state index in [1.807, 2.05) is 6.07 Å².